The number of aryl methyl sites for hydroxylation is 2. The lowest BCUT2D eigenvalue weighted by molar-refractivity contribution is 0.0698. The molecule has 0 spiro atoms. The molecule has 7 heteroatoms. The topological polar surface area (TPSA) is 57.7 Å². The Morgan fingerprint density at radius 3 is 2.23 bits per heavy atom. The lowest BCUT2D eigenvalue weighted by atomic mass is 10.1. The minimum Gasteiger partial charge on any atom is -0.336 e. The van der Waals surface area contributed by atoms with Crippen LogP contribution in [-0.2, 0) is 10.0 Å². The summed E-state index contributed by atoms with van der Waals surface area (Å²) in [6, 6.07) is 12.1. The van der Waals surface area contributed by atoms with Gasteiger partial charge in [-0.25, -0.2) is 8.42 Å². The Kier molecular flexibility index (Phi) is 5.37. The minimum atomic E-state index is -3.55. The minimum absolute atomic E-state index is 0.168. The van der Waals surface area contributed by atoms with Crippen molar-refractivity contribution in [2.75, 3.05) is 26.2 Å². The molecular formula is C19H21ClN2O3S. The first-order valence-corrected chi connectivity index (χ1v) is 10.2. The molecule has 5 nitrogen and oxygen atoms in total. The highest BCUT2D eigenvalue weighted by molar-refractivity contribution is 7.89. The predicted molar refractivity (Wildman–Crippen MR) is 102 cm³/mol. The van der Waals surface area contributed by atoms with Crippen molar-refractivity contribution in [1.82, 2.24) is 9.21 Å². The number of carbonyl (C=O) groups is 1. The predicted octanol–water partition coefficient (Wildman–Crippen LogP) is 3.10. The molecular weight excluding hydrogens is 372 g/mol. The summed E-state index contributed by atoms with van der Waals surface area (Å²) in [5.74, 6) is -0.168. The van der Waals surface area contributed by atoms with Crippen LogP contribution >= 0.6 is 11.6 Å². The van der Waals surface area contributed by atoms with E-state index in [-0.39, 0.29) is 19.0 Å². The number of hydrogen-bond donors (Lipinski definition) is 0. The van der Waals surface area contributed by atoms with Gasteiger partial charge in [0.1, 0.15) is 0 Å². The Balaban J connectivity index is 1.72. The van der Waals surface area contributed by atoms with Gasteiger partial charge in [-0.3, -0.25) is 4.79 Å². The third kappa shape index (κ3) is 3.63. The average Bonchev–Trinajstić information content (AvgIpc) is 2.64. The number of sulfonamides is 1. The summed E-state index contributed by atoms with van der Waals surface area (Å²) in [5.41, 5.74) is 2.44. The summed E-state index contributed by atoms with van der Waals surface area (Å²) in [6.45, 7) is 5.07. The molecule has 0 saturated carbocycles. The number of rotatable bonds is 3. The number of hydrogen-bond acceptors (Lipinski definition) is 3. The molecule has 0 radical (unpaired) electrons. The fourth-order valence-corrected chi connectivity index (χ4v) is 4.68. The standard InChI is InChI=1S/C19H21ClN2O3S/c1-14-7-8-16(13-15(14)2)26(24,25)22-11-9-21(10-12-22)19(23)17-5-3-4-6-18(17)20/h3-8,13H,9-12H2,1-2H3. The fraction of sp³-hybridized carbons (Fsp3) is 0.316. The number of benzene rings is 2. The number of amides is 1. The van der Waals surface area contributed by atoms with Crippen LogP contribution in [0.5, 0.6) is 0 Å². The highest BCUT2D eigenvalue weighted by Gasteiger charge is 2.31. The number of nitrogens with zero attached hydrogens (tertiary/aromatic N) is 2. The molecule has 0 aromatic heterocycles. The highest BCUT2D eigenvalue weighted by atomic mass is 35.5. The van der Waals surface area contributed by atoms with Crippen molar-refractivity contribution in [3.8, 4) is 0 Å². The number of halogens is 1. The second-order valence-electron chi connectivity index (χ2n) is 6.42. The van der Waals surface area contributed by atoms with Crippen molar-refractivity contribution in [2.45, 2.75) is 18.7 Å². The monoisotopic (exact) mass is 392 g/mol. The van der Waals surface area contributed by atoms with Crippen LogP contribution < -0.4 is 0 Å². The van der Waals surface area contributed by atoms with Crippen molar-refractivity contribution < 1.29 is 13.2 Å². The van der Waals surface area contributed by atoms with Gasteiger partial charge in [0, 0.05) is 26.2 Å². The summed E-state index contributed by atoms with van der Waals surface area (Å²) in [4.78, 5) is 14.5. The smallest absolute Gasteiger partial charge is 0.255 e. The molecule has 138 valence electrons. The molecule has 1 saturated heterocycles. The van der Waals surface area contributed by atoms with Crippen molar-refractivity contribution in [1.29, 1.82) is 0 Å². The SMILES string of the molecule is Cc1ccc(S(=O)(=O)N2CCN(C(=O)c3ccccc3Cl)CC2)cc1C. The second-order valence-corrected chi connectivity index (χ2v) is 8.77. The van der Waals surface area contributed by atoms with Gasteiger partial charge < -0.3 is 4.90 Å². The summed E-state index contributed by atoms with van der Waals surface area (Å²) < 4.78 is 27.1. The van der Waals surface area contributed by atoms with Crippen LogP contribution in [-0.4, -0.2) is 49.7 Å². The quantitative estimate of drug-likeness (QED) is 0.806. The van der Waals surface area contributed by atoms with Gasteiger partial charge in [0.25, 0.3) is 5.91 Å². The lowest BCUT2D eigenvalue weighted by Gasteiger charge is -2.34. The molecule has 1 aliphatic rings. The molecule has 2 aromatic carbocycles. The summed E-state index contributed by atoms with van der Waals surface area (Å²) in [6.07, 6.45) is 0. The zero-order valence-electron chi connectivity index (χ0n) is 14.8. The summed E-state index contributed by atoms with van der Waals surface area (Å²) >= 11 is 6.09. The van der Waals surface area contributed by atoms with Gasteiger partial charge >= 0.3 is 0 Å². The molecule has 2 aromatic rings. The molecule has 1 heterocycles. The molecule has 26 heavy (non-hydrogen) atoms. The molecule has 0 unspecified atom stereocenters. The first kappa shape index (κ1) is 18.9. The van der Waals surface area contributed by atoms with E-state index in [2.05, 4.69) is 0 Å². The van der Waals surface area contributed by atoms with Crippen LogP contribution in [0.15, 0.2) is 47.4 Å². The maximum Gasteiger partial charge on any atom is 0.255 e. The Hall–Kier alpha value is -1.89. The van der Waals surface area contributed by atoms with Gasteiger partial charge in [-0.2, -0.15) is 4.31 Å². The van der Waals surface area contributed by atoms with Crippen LogP contribution in [0.2, 0.25) is 5.02 Å². The van der Waals surface area contributed by atoms with Gasteiger partial charge in [0.15, 0.2) is 0 Å². The van der Waals surface area contributed by atoms with E-state index < -0.39 is 10.0 Å². The molecule has 0 N–H and O–H groups in total. The van der Waals surface area contributed by atoms with Gasteiger partial charge in [-0.1, -0.05) is 29.8 Å². The number of piperazine rings is 1. The van der Waals surface area contributed by atoms with E-state index in [1.165, 1.54) is 4.31 Å². The maximum absolute atomic E-state index is 12.9. The van der Waals surface area contributed by atoms with E-state index in [1.807, 2.05) is 19.9 Å². The third-order valence-corrected chi connectivity index (χ3v) is 6.97. The van der Waals surface area contributed by atoms with Crippen LogP contribution in [0.25, 0.3) is 0 Å². The van der Waals surface area contributed by atoms with Crippen molar-refractivity contribution in [2.24, 2.45) is 0 Å². The molecule has 1 fully saturated rings. The first-order valence-electron chi connectivity index (χ1n) is 8.42. The molecule has 0 atom stereocenters. The second kappa shape index (κ2) is 7.39. The van der Waals surface area contributed by atoms with Crippen molar-refractivity contribution in [3.05, 3.63) is 64.2 Å². The zero-order valence-corrected chi connectivity index (χ0v) is 16.3. The van der Waals surface area contributed by atoms with Crippen LogP contribution in [0, 0.1) is 13.8 Å². The van der Waals surface area contributed by atoms with E-state index in [4.69, 9.17) is 11.6 Å². The molecule has 1 amide bonds. The molecule has 3 rings (SSSR count). The van der Waals surface area contributed by atoms with Gasteiger partial charge in [-0.15, -0.1) is 0 Å². The Morgan fingerprint density at radius 1 is 0.962 bits per heavy atom. The Morgan fingerprint density at radius 2 is 1.62 bits per heavy atom. The van der Waals surface area contributed by atoms with E-state index >= 15 is 0 Å². The van der Waals surface area contributed by atoms with E-state index in [0.717, 1.165) is 11.1 Å². The van der Waals surface area contributed by atoms with Crippen molar-refractivity contribution >= 4 is 27.5 Å². The van der Waals surface area contributed by atoms with Gasteiger partial charge in [0.05, 0.1) is 15.5 Å². The fourth-order valence-electron chi connectivity index (χ4n) is 2.96. The normalized spacial score (nSPS) is 15.9. The van der Waals surface area contributed by atoms with E-state index in [9.17, 15) is 13.2 Å². The van der Waals surface area contributed by atoms with Crippen molar-refractivity contribution in [3.63, 3.8) is 0 Å². The van der Waals surface area contributed by atoms with Gasteiger partial charge in [0.2, 0.25) is 10.0 Å². The zero-order chi connectivity index (χ0) is 18.9. The van der Waals surface area contributed by atoms with Crippen LogP contribution in [0.4, 0.5) is 0 Å². The first-order chi connectivity index (χ1) is 12.3. The van der Waals surface area contributed by atoms with Crippen LogP contribution in [0.3, 0.4) is 0 Å². The molecule has 1 aliphatic heterocycles. The van der Waals surface area contributed by atoms with Gasteiger partial charge in [-0.05, 0) is 49.2 Å². The van der Waals surface area contributed by atoms with Crippen LogP contribution in [0.1, 0.15) is 21.5 Å². The third-order valence-electron chi connectivity index (χ3n) is 4.75. The Labute approximate surface area is 159 Å². The average molecular weight is 393 g/mol. The van der Waals surface area contributed by atoms with E-state index in [1.54, 1.807) is 41.3 Å². The highest BCUT2D eigenvalue weighted by Crippen LogP contribution is 2.22. The Bertz CT molecular complexity index is 936. The maximum atomic E-state index is 12.9. The number of carbonyl (C=O) groups excluding carboxylic acids is 1. The summed E-state index contributed by atoms with van der Waals surface area (Å²) in [5, 5.41) is 0.405. The molecule has 0 bridgehead atoms. The molecule has 0 aliphatic carbocycles. The van der Waals surface area contributed by atoms with E-state index in [0.29, 0.717) is 28.6 Å². The summed E-state index contributed by atoms with van der Waals surface area (Å²) in [7, 11) is -3.55. The lowest BCUT2D eigenvalue weighted by Crippen LogP contribution is -2.50. The largest absolute Gasteiger partial charge is 0.336 e.